The molecule has 0 saturated heterocycles. The van der Waals surface area contributed by atoms with E-state index in [9.17, 15) is 9.59 Å². The van der Waals surface area contributed by atoms with E-state index in [-0.39, 0.29) is 12.0 Å². The first-order valence-corrected chi connectivity index (χ1v) is 8.69. The molecule has 6 nitrogen and oxygen atoms in total. The SMILES string of the molecule is CCOC(=O)[C@H](C)Oc1ccc2c(=O)c(-c3csc(C)n3)coc2c1. The molecule has 3 aromatic rings. The van der Waals surface area contributed by atoms with Crippen LogP contribution in [0, 0.1) is 6.92 Å². The molecule has 0 aliphatic rings. The van der Waals surface area contributed by atoms with Gasteiger partial charge < -0.3 is 13.9 Å². The van der Waals surface area contributed by atoms with Gasteiger partial charge in [-0.15, -0.1) is 11.3 Å². The molecule has 0 saturated carbocycles. The van der Waals surface area contributed by atoms with E-state index in [2.05, 4.69) is 4.98 Å². The first-order chi connectivity index (χ1) is 12.0. The Kier molecular flexibility index (Phi) is 4.85. The molecule has 7 heteroatoms. The van der Waals surface area contributed by atoms with E-state index < -0.39 is 12.1 Å². The van der Waals surface area contributed by atoms with Gasteiger partial charge in [-0.3, -0.25) is 4.79 Å². The largest absolute Gasteiger partial charge is 0.479 e. The molecule has 1 aromatic carbocycles. The van der Waals surface area contributed by atoms with Crippen LogP contribution in [-0.2, 0) is 9.53 Å². The Morgan fingerprint density at radius 3 is 2.88 bits per heavy atom. The Balaban J connectivity index is 1.92. The van der Waals surface area contributed by atoms with Gasteiger partial charge in [-0.05, 0) is 32.9 Å². The number of nitrogens with zero attached hydrogens (tertiary/aromatic N) is 1. The second-order valence-electron chi connectivity index (χ2n) is 5.40. The topological polar surface area (TPSA) is 78.6 Å². The van der Waals surface area contributed by atoms with Crippen molar-refractivity contribution >= 4 is 28.3 Å². The van der Waals surface area contributed by atoms with E-state index in [0.717, 1.165) is 5.01 Å². The fourth-order valence-electron chi connectivity index (χ4n) is 2.36. The molecule has 0 bridgehead atoms. The Labute approximate surface area is 148 Å². The first kappa shape index (κ1) is 17.2. The van der Waals surface area contributed by atoms with Crippen LogP contribution in [0.5, 0.6) is 5.75 Å². The smallest absolute Gasteiger partial charge is 0.347 e. The molecule has 0 fully saturated rings. The van der Waals surface area contributed by atoms with Gasteiger partial charge in [-0.25, -0.2) is 9.78 Å². The molecule has 3 rings (SSSR count). The Morgan fingerprint density at radius 1 is 1.40 bits per heavy atom. The molecule has 0 unspecified atom stereocenters. The highest BCUT2D eigenvalue weighted by molar-refractivity contribution is 7.09. The number of hydrogen-bond acceptors (Lipinski definition) is 7. The third kappa shape index (κ3) is 3.56. The number of ether oxygens (including phenoxy) is 2. The quantitative estimate of drug-likeness (QED) is 0.648. The maximum absolute atomic E-state index is 12.7. The van der Waals surface area contributed by atoms with Crippen molar-refractivity contribution in [2.75, 3.05) is 6.61 Å². The molecule has 2 aromatic heterocycles. The lowest BCUT2D eigenvalue weighted by molar-refractivity contribution is -0.150. The van der Waals surface area contributed by atoms with Gasteiger partial charge in [0.2, 0.25) is 5.43 Å². The van der Waals surface area contributed by atoms with Crippen molar-refractivity contribution < 1.29 is 18.7 Å². The van der Waals surface area contributed by atoms with Crippen LogP contribution >= 0.6 is 11.3 Å². The van der Waals surface area contributed by atoms with Crippen molar-refractivity contribution in [2.45, 2.75) is 26.9 Å². The number of carbonyl (C=O) groups is 1. The third-order valence-corrected chi connectivity index (χ3v) is 4.35. The van der Waals surface area contributed by atoms with Crippen LogP contribution in [0.1, 0.15) is 18.9 Å². The number of hydrogen-bond donors (Lipinski definition) is 0. The minimum absolute atomic E-state index is 0.156. The van der Waals surface area contributed by atoms with Crippen molar-refractivity contribution in [3.8, 4) is 17.0 Å². The van der Waals surface area contributed by atoms with Gasteiger partial charge in [-0.1, -0.05) is 0 Å². The van der Waals surface area contributed by atoms with Gasteiger partial charge in [0.25, 0.3) is 0 Å². The zero-order valence-electron chi connectivity index (χ0n) is 14.1. The molecule has 0 aliphatic heterocycles. The zero-order valence-corrected chi connectivity index (χ0v) is 14.9. The number of carbonyl (C=O) groups excluding carboxylic acids is 1. The molecule has 2 heterocycles. The van der Waals surface area contributed by atoms with Gasteiger partial charge in [0.15, 0.2) is 6.10 Å². The summed E-state index contributed by atoms with van der Waals surface area (Å²) >= 11 is 1.47. The predicted octanol–water partition coefficient (Wildman–Crippen LogP) is 3.56. The second kappa shape index (κ2) is 7.06. The van der Waals surface area contributed by atoms with Gasteiger partial charge >= 0.3 is 5.97 Å². The fourth-order valence-corrected chi connectivity index (χ4v) is 2.97. The minimum atomic E-state index is -0.749. The Hall–Kier alpha value is -2.67. The number of aromatic nitrogens is 1. The van der Waals surface area contributed by atoms with Gasteiger partial charge in [0.1, 0.15) is 17.6 Å². The molecular formula is C18H17NO5S. The Bertz CT molecular complexity index is 975. The van der Waals surface area contributed by atoms with E-state index in [1.54, 1.807) is 32.0 Å². The van der Waals surface area contributed by atoms with Crippen molar-refractivity contribution in [3.05, 3.63) is 45.1 Å². The zero-order chi connectivity index (χ0) is 18.0. The molecule has 0 spiro atoms. The van der Waals surface area contributed by atoms with Crippen LogP contribution in [0.4, 0.5) is 0 Å². The van der Waals surface area contributed by atoms with Crippen LogP contribution in [0.2, 0.25) is 0 Å². The Morgan fingerprint density at radius 2 is 2.20 bits per heavy atom. The van der Waals surface area contributed by atoms with E-state index in [0.29, 0.717) is 28.0 Å². The molecule has 0 aliphatic carbocycles. The van der Waals surface area contributed by atoms with E-state index in [1.807, 2.05) is 12.3 Å². The lowest BCUT2D eigenvalue weighted by Crippen LogP contribution is -2.26. The predicted molar refractivity (Wildman–Crippen MR) is 95.1 cm³/mol. The van der Waals surface area contributed by atoms with Gasteiger partial charge in [0, 0.05) is 11.4 Å². The molecule has 25 heavy (non-hydrogen) atoms. The number of fused-ring (bicyclic) bond motifs is 1. The summed E-state index contributed by atoms with van der Waals surface area (Å²) in [5, 5.41) is 3.14. The van der Waals surface area contributed by atoms with Crippen LogP contribution in [-0.4, -0.2) is 23.7 Å². The number of benzene rings is 1. The monoisotopic (exact) mass is 359 g/mol. The normalized spacial score (nSPS) is 12.1. The van der Waals surface area contributed by atoms with Gasteiger partial charge in [-0.2, -0.15) is 0 Å². The standard InChI is InChI=1S/C18H17NO5S/c1-4-22-18(21)10(2)24-12-5-6-13-16(7-12)23-8-14(17(13)20)15-9-25-11(3)19-15/h5-10H,4H2,1-3H3/t10-/m0/s1. The summed E-state index contributed by atoms with van der Waals surface area (Å²) in [7, 11) is 0. The molecule has 0 N–H and O–H groups in total. The highest BCUT2D eigenvalue weighted by atomic mass is 32.1. The molecule has 0 radical (unpaired) electrons. The van der Waals surface area contributed by atoms with E-state index in [4.69, 9.17) is 13.9 Å². The summed E-state index contributed by atoms with van der Waals surface area (Å²) in [6.45, 7) is 5.51. The summed E-state index contributed by atoms with van der Waals surface area (Å²) in [6, 6.07) is 4.84. The van der Waals surface area contributed by atoms with Crippen molar-refractivity contribution in [3.63, 3.8) is 0 Å². The van der Waals surface area contributed by atoms with Crippen LogP contribution < -0.4 is 10.2 Å². The lowest BCUT2D eigenvalue weighted by atomic mass is 10.1. The van der Waals surface area contributed by atoms with Crippen molar-refractivity contribution in [1.82, 2.24) is 4.98 Å². The molecule has 1 atom stereocenters. The maximum Gasteiger partial charge on any atom is 0.347 e. The summed E-state index contributed by atoms with van der Waals surface area (Å²) in [5.74, 6) is -0.0215. The van der Waals surface area contributed by atoms with Crippen LogP contribution in [0.3, 0.4) is 0 Å². The maximum atomic E-state index is 12.7. The summed E-state index contributed by atoms with van der Waals surface area (Å²) in [5.41, 5.74) is 1.26. The molecule has 130 valence electrons. The second-order valence-corrected chi connectivity index (χ2v) is 6.46. The molecular weight excluding hydrogens is 342 g/mol. The highest BCUT2D eigenvalue weighted by Gasteiger charge is 2.17. The van der Waals surface area contributed by atoms with Crippen LogP contribution in [0.25, 0.3) is 22.2 Å². The average molecular weight is 359 g/mol. The lowest BCUT2D eigenvalue weighted by Gasteiger charge is -2.13. The molecule has 0 amide bonds. The summed E-state index contributed by atoms with van der Waals surface area (Å²) < 4.78 is 16.0. The highest BCUT2D eigenvalue weighted by Crippen LogP contribution is 2.24. The number of aryl methyl sites for hydroxylation is 1. The number of esters is 1. The van der Waals surface area contributed by atoms with Crippen molar-refractivity contribution in [2.24, 2.45) is 0 Å². The van der Waals surface area contributed by atoms with Crippen molar-refractivity contribution in [1.29, 1.82) is 0 Å². The first-order valence-electron chi connectivity index (χ1n) is 7.81. The van der Waals surface area contributed by atoms with Crippen LogP contribution in [0.15, 0.2) is 39.1 Å². The van der Waals surface area contributed by atoms with E-state index >= 15 is 0 Å². The average Bonchev–Trinajstić information content (AvgIpc) is 3.01. The van der Waals surface area contributed by atoms with Gasteiger partial charge in [0.05, 0.1) is 28.3 Å². The minimum Gasteiger partial charge on any atom is -0.479 e. The number of rotatable bonds is 5. The number of thiazole rings is 1. The van der Waals surface area contributed by atoms with E-state index in [1.165, 1.54) is 17.6 Å². The third-order valence-electron chi connectivity index (χ3n) is 3.57. The fraction of sp³-hybridized carbons (Fsp3) is 0.278. The summed E-state index contributed by atoms with van der Waals surface area (Å²) in [6.07, 6.45) is 0.652. The summed E-state index contributed by atoms with van der Waals surface area (Å²) in [4.78, 5) is 28.6.